The van der Waals surface area contributed by atoms with Gasteiger partial charge in [-0.2, -0.15) is 0 Å². The van der Waals surface area contributed by atoms with Gasteiger partial charge in [0, 0.05) is 11.8 Å². The van der Waals surface area contributed by atoms with Gasteiger partial charge in [-0.05, 0) is 30.0 Å². The van der Waals surface area contributed by atoms with E-state index in [2.05, 4.69) is 11.6 Å². The quantitative estimate of drug-likeness (QED) is 0.554. The molecule has 2 rings (SSSR count). The summed E-state index contributed by atoms with van der Waals surface area (Å²) < 4.78 is 1.04. The first-order valence-corrected chi connectivity index (χ1v) is 5.10. The molecule has 0 atom stereocenters. The minimum absolute atomic E-state index is 0.0344. The van der Waals surface area contributed by atoms with Crippen LogP contribution >= 0.6 is 11.3 Å². The van der Waals surface area contributed by atoms with Crippen LogP contribution in [0.4, 0.5) is 0 Å². The number of aromatic nitrogens is 1. The second-order valence-electron chi connectivity index (χ2n) is 3.14. The van der Waals surface area contributed by atoms with E-state index < -0.39 is 0 Å². The molecule has 2 nitrogen and oxygen atoms in total. The van der Waals surface area contributed by atoms with Gasteiger partial charge in [0.2, 0.25) is 0 Å². The molecule has 14 heavy (non-hydrogen) atoms. The highest BCUT2D eigenvalue weighted by molar-refractivity contribution is 7.17. The highest BCUT2D eigenvalue weighted by atomic mass is 32.1. The fourth-order valence-corrected chi connectivity index (χ4v) is 2.00. The van der Waals surface area contributed by atoms with Crippen molar-refractivity contribution in [3.63, 3.8) is 0 Å². The second-order valence-corrected chi connectivity index (χ2v) is 4.09. The molecule has 0 aliphatic rings. The molecule has 0 N–H and O–H groups in total. The van der Waals surface area contributed by atoms with Crippen LogP contribution in [0.2, 0.25) is 0 Å². The monoisotopic (exact) mass is 203 g/mol. The lowest BCUT2D eigenvalue weighted by Gasteiger charge is -1.98. The molecule has 3 heteroatoms. The van der Waals surface area contributed by atoms with Gasteiger partial charge in [-0.3, -0.25) is 9.78 Å². The number of fused-ring (bicyclic) bond motifs is 1. The minimum Gasteiger partial charge on any atom is -0.289 e. The average molecular weight is 203 g/mol. The highest BCUT2D eigenvalue weighted by Crippen LogP contribution is 2.20. The Bertz CT molecular complexity index is 513. The molecule has 0 fully saturated rings. The van der Waals surface area contributed by atoms with Crippen molar-refractivity contribution in [1.82, 2.24) is 4.98 Å². The Morgan fingerprint density at radius 2 is 2.36 bits per heavy atom. The zero-order valence-electron chi connectivity index (χ0n) is 7.78. The first-order chi connectivity index (χ1) is 6.68. The molecule has 2 heterocycles. The Labute approximate surface area is 85.9 Å². The van der Waals surface area contributed by atoms with Gasteiger partial charge >= 0.3 is 0 Å². The van der Waals surface area contributed by atoms with E-state index in [1.165, 1.54) is 0 Å². The Hall–Kier alpha value is -1.48. The maximum Gasteiger partial charge on any atom is 0.189 e. The number of ketones is 1. The van der Waals surface area contributed by atoms with Gasteiger partial charge < -0.3 is 0 Å². The summed E-state index contributed by atoms with van der Waals surface area (Å²) in [5.74, 6) is -0.0344. The van der Waals surface area contributed by atoms with Gasteiger partial charge in [0.1, 0.15) is 0 Å². The topological polar surface area (TPSA) is 30.0 Å². The number of carbonyl (C=O) groups is 1. The molecule has 0 aliphatic heterocycles. The van der Waals surface area contributed by atoms with E-state index in [0.717, 1.165) is 10.2 Å². The Balaban J connectivity index is 2.54. The third-order valence-electron chi connectivity index (χ3n) is 1.95. The summed E-state index contributed by atoms with van der Waals surface area (Å²) in [6.07, 6.45) is 1.60. The molecule has 2 aromatic rings. The van der Waals surface area contributed by atoms with Crippen LogP contribution < -0.4 is 0 Å². The van der Waals surface area contributed by atoms with Crippen molar-refractivity contribution in [2.45, 2.75) is 6.92 Å². The van der Waals surface area contributed by atoms with Crippen LogP contribution in [0.1, 0.15) is 17.3 Å². The molecule has 0 aromatic carbocycles. The van der Waals surface area contributed by atoms with Crippen LogP contribution in [-0.4, -0.2) is 10.8 Å². The number of carbonyl (C=O) groups excluding carboxylic acids is 1. The molecule has 0 amide bonds. The molecular weight excluding hydrogens is 194 g/mol. The maximum absolute atomic E-state index is 11.6. The number of nitrogens with zero attached hydrogens (tertiary/aromatic N) is 1. The lowest BCUT2D eigenvalue weighted by Crippen LogP contribution is -1.99. The van der Waals surface area contributed by atoms with E-state index >= 15 is 0 Å². The summed E-state index contributed by atoms with van der Waals surface area (Å²) in [6, 6.07) is 3.80. The Morgan fingerprint density at radius 3 is 3.07 bits per heavy atom. The smallest absolute Gasteiger partial charge is 0.189 e. The summed E-state index contributed by atoms with van der Waals surface area (Å²) in [7, 11) is 0. The number of Topliss-reactive ketones (excluding diaryl/α,β-unsaturated/α-hetero) is 1. The summed E-state index contributed by atoms with van der Waals surface area (Å²) in [5, 5.41) is 1.96. The number of rotatable bonds is 2. The van der Waals surface area contributed by atoms with E-state index in [4.69, 9.17) is 0 Å². The fourth-order valence-electron chi connectivity index (χ4n) is 1.22. The zero-order valence-corrected chi connectivity index (χ0v) is 8.60. The lowest BCUT2D eigenvalue weighted by molar-refractivity contribution is 0.103. The van der Waals surface area contributed by atoms with Crippen molar-refractivity contribution in [2.24, 2.45) is 0 Å². The van der Waals surface area contributed by atoms with Gasteiger partial charge in [-0.15, -0.1) is 11.3 Å². The van der Waals surface area contributed by atoms with Gasteiger partial charge in [-0.1, -0.05) is 6.58 Å². The molecule has 0 saturated carbocycles. The third kappa shape index (κ3) is 1.46. The van der Waals surface area contributed by atoms with E-state index in [1.54, 1.807) is 24.5 Å². The van der Waals surface area contributed by atoms with E-state index in [9.17, 15) is 4.79 Å². The maximum atomic E-state index is 11.6. The normalized spacial score (nSPS) is 10.4. The van der Waals surface area contributed by atoms with Crippen molar-refractivity contribution in [2.75, 3.05) is 0 Å². The number of hydrogen-bond donors (Lipinski definition) is 0. The molecule has 0 saturated heterocycles. The number of thiophene rings is 1. The predicted octanol–water partition coefficient (Wildman–Crippen LogP) is 3.06. The Kier molecular flexibility index (Phi) is 2.17. The lowest BCUT2D eigenvalue weighted by atomic mass is 10.1. The first-order valence-electron chi connectivity index (χ1n) is 4.22. The summed E-state index contributed by atoms with van der Waals surface area (Å²) in [5.41, 5.74) is 2.10. The van der Waals surface area contributed by atoms with E-state index in [1.807, 2.05) is 17.5 Å². The van der Waals surface area contributed by atoms with Crippen LogP contribution in [0.3, 0.4) is 0 Å². The van der Waals surface area contributed by atoms with E-state index in [-0.39, 0.29) is 5.78 Å². The van der Waals surface area contributed by atoms with Crippen molar-refractivity contribution in [3.8, 4) is 0 Å². The minimum atomic E-state index is -0.0344. The number of hydrogen-bond acceptors (Lipinski definition) is 3. The van der Waals surface area contributed by atoms with Crippen LogP contribution in [-0.2, 0) is 0 Å². The van der Waals surface area contributed by atoms with Crippen LogP contribution in [0.25, 0.3) is 10.2 Å². The first kappa shape index (κ1) is 9.09. The van der Waals surface area contributed by atoms with Gasteiger partial charge in [0.25, 0.3) is 0 Å². The standard InChI is InChI=1S/C11H9NOS/c1-7(2)11(13)8-5-10-9(12-6-8)3-4-14-10/h3-6H,1H2,2H3. The largest absolute Gasteiger partial charge is 0.289 e. The van der Waals surface area contributed by atoms with Crippen LogP contribution in [0, 0.1) is 0 Å². The highest BCUT2D eigenvalue weighted by Gasteiger charge is 2.07. The van der Waals surface area contributed by atoms with Crippen LogP contribution in [0.15, 0.2) is 35.9 Å². The van der Waals surface area contributed by atoms with Crippen molar-refractivity contribution in [1.29, 1.82) is 0 Å². The summed E-state index contributed by atoms with van der Waals surface area (Å²) in [6.45, 7) is 5.33. The second kappa shape index (κ2) is 3.35. The molecular formula is C11H9NOS. The molecule has 0 radical (unpaired) electrons. The Morgan fingerprint density at radius 1 is 1.57 bits per heavy atom. The van der Waals surface area contributed by atoms with E-state index in [0.29, 0.717) is 11.1 Å². The predicted molar refractivity (Wildman–Crippen MR) is 58.8 cm³/mol. The average Bonchev–Trinajstić information content (AvgIpc) is 2.62. The third-order valence-corrected chi connectivity index (χ3v) is 2.81. The van der Waals surface area contributed by atoms with Gasteiger partial charge in [-0.25, -0.2) is 0 Å². The van der Waals surface area contributed by atoms with Crippen molar-refractivity contribution < 1.29 is 4.79 Å². The zero-order chi connectivity index (χ0) is 10.1. The summed E-state index contributed by atoms with van der Waals surface area (Å²) in [4.78, 5) is 15.8. The summed E-state index contributed by atoms with van der Waals surface area (Å²) >= 11 is 1.59. The number of allylic oxidation sites excluding steroid dienone is 1. The molecule has 0 unspecified atom stereocenters. The fraction of sp³-hybridized carbons (Fsp3) is 0.0909. The van der Waals surface area contributed by atoms with Gasteiger partial charge in [0.05, 0.1) is 10.2 Å². The molecule has 0 bridgehead atoms. The molecule has 2 aromatic heterocycles. The molecule has 0 spiro atoms. The van der Waals surface area contributed by atoms with Gasteiger partial charge in [0.15, 0.2) is 5.78 Å². The van der Waals surface area contributed by atoms with Crippen molar-refractivity contribution >= 4 is 27.3 Å². The molecule has 0 aliphatic carbocycles. The van der Waals surface area contributed by atoms with Crippen molar-refractivity contribution in [3.05, 3.63) is 41.4 Å². The van der Waals surface area contributed by atoms with Crippen LogP contribution in [0.5, 0.6) is 0 Å². The molecule has 70 valence electrons. The number of pyridine rings is 1. The SMILES string of the molecule is C=C(C)C(=O)c1cnc2ccsc2c1.